The molecule has 0 unspecified atom stereocenters. The van der Waals surface area contributed by atoms with Crippen molar-refractivity contribution in [3.63, 3.8) is 0 Å². The molecule has 0 aliphatic rings. The number of nitrogens with one attached hydrogen (secondary N) is 1. The van der Waals surface area contributed by atoms with E-state index in [1.54, 1.807) is 0 Å². The molecule has 1 aromatic carbocycles. The molecule has 0 atom stereocenters. The van der Waals surface area contributed by atoms with E-state index < -0.39 is 20.5 Å². The van der Waals surface area contributed by atoms with Crippen LogP contribution < -0.4 is 11.1 Å². The zero-order valence-electron chi connectivity index (χ0n) is 10.2. The highest BCUT2D eigenvalue weighted by molar-refractivity contribution is 7.91. The summed E-state index contributed by atoms with van der Waals surface area (Å²) in [5.41, 5.74) is 5.87. The summed E-state index contributed by atoms with van der Waals surface area (Å²) in [6.45, 7) is 1.88. The van der Waals surface area contributed by atoms with Crippen LogP contribution in [-0.2, 0) is 14.6 Å². The number of alkyl halides is 2. The average molecular weight is 294 g/mol. The Kier molecular flexibility index (Phi) is 6.13. The second-order valence-electron chi connectivity index (χ2n) is 3.66. The number of sulfone groups is 1. The van der Waals surface area contributed by atoms with E-state index in [1.807, 2.05) is 0 Å². The van der Waals surface area contributed by atoms with E-state index in [4.69, 9.17) is 10.5 Å². The molecule has 3 N–H and O–H groups in total. The summed E-state index contributed by atoms with van der Waals surface area (Å²) in [7, 11) is -4.53. The van der Waals surface area contributed by atoms with E-state index in [0.717, 1.165) is 12.1 Å². The van der Waals surface area contributed by atoms with E-state index in [-0.39, 0.29) is 0 Å². The van der Waals surface area contributed by atoms with Crippen molar-refractivity contribution in [2.75, 3.05) is 31.6 Å². The Morgan fingerprint density at radius 1 is 1.21 bits per heavy atom. The lowest BCUT2D eigenvalue weighted by atomic mass is 10.3. The fourth-order valence-corrected chi connectivity index (χ4v) is 2.04. The van der Waals surface area contributed by atoms with E-state index in [1.165, 1.54) is 12.1 Å². The minimum atomic E-state index is -4.53. The lowest BCUT2D eigenvalue weighted by molar-refractivity contribution is 0.151. The number of benzene rings is 1. The molecule has 0 radical (unpaired) electrons. The number of anilines is 1. The predicted molar refractivity (Wildman–Crippen MR) is 68.0 cm³/mol. The molecule has 0 saturated heterocycles. The van der Waals surface area contributed by atoms with Crippen LogP contribution in [0.2, 0.25) is 0 Å². The summed E-state index contributed by atoms with van der Waals surface area (Å²) < 4.78 is 52.1. The fraction of sp³-hybridized carbons (Fsp3) is 0.455. The Bertz CT molecular complexity index is 477. The van der Waals surface area contributed by atoms with Crippen molar-refractivity contribution in [2.24, 2.45) is 5.73 Å². The minimum absolute atomic E-state index is 0.396. The second-order valence-corrected chi connectivity index (χ2v) is 5.58. The van der Waals surface area contributed by atoms with Crippen LogP contribution in [0, 0.1) is 0 Å². The highest BCUT2D eigenvalue weighted by Gasteiger charge is 2.26. The number of ether oxygens (including phenoxy) is 1. The molecule has 0 aliphatic carbocycles. The van der Waals surface area contributed by atoms with Gasteiger partial charge < -0.3 is 15.8 Å². The van der Waals surface area contributed by atoms with Crippen molar-refractivity contribution in [2.45, 2.75) is 10.7 Å². The largest absolute Gasteiger partial charge is 0.383 e. The molecule has 19 heavy (non-hydrogen) atoms. The number of nitrogens with two attached hydrogens (primary N) is 1. The third-order valence-electron chi connectivity index (χ3n) is 2.26. The Morgan fingerprint density at radius 2 is 1.84 bits per heavy atom. The summed E-state index contributed by atoms with van der Waals surface area (Å²) in [6, 6.07) is 5.14. The number of hydrogen-bond donors (Lipinski definition) is 2. The van der Waals surface area contributed by atoms with Crippen LogP contribution >= 0.6 is 0 Å². The summed E-state index contributed by atoms with van der Waals surface area (Å²) >= 11 is 0. The third kappa shape index (κ3) is 4.73. The maximum atomic E-state index is 12.3. The zero-order valence-corrected chi connectivity index (χ0v) is 11.0. The molecule has 0 spiro atoms. The van der Waals surface area contributed by atoms with Gasteiger partial charge in [0.1, 0.15) is 0 Å². The predicted octanol–water partition coefficient (Wildman–Crippen LogP) is 1.07. The fourth-order valence-electron chi connectivity index (χ4n) is 1.32. The van der Waals surface area contributed by atoms with Gasteiger partial charge in [0.05, 0.1) is 18.1 Å². The first kappa shape index (κ1) is 15.8. The van der Waals surface area contributed by atoms with Gasteiger partial charge in [-0.1, -0.05) is 0 Å². The van der Waals surface area contributed by atoms with E-state index >= 15 is 0 Å². The topological polar surface area (TPSA) is 81.4 Å². The van der Waals surface area contributed by atoms with Gasteiger partial charge in [0.2, 0.25) is 9.84 Å². The van der Waals surface area contributed by atoms with Gasteiger partial charge in [-0.2, -0.15) is 8.78 Å². The first-order valence-electron chi connectivity index (χ1n) is 5.62. The molecule has 0 heterocycles. The summed E-state index contributed by atoms with van der Waals surface area (Å²) in [6.07, 6.45) is 0. The molecule has 108 valence electrons. The Balaban J connectivity index is 2.53. The van der Waals surface area contributed by atoms with E-state index in [0.29, 0.717) is 32.0 Å². The number of rotatable bonds is 8. The molecule has 0 saturated carbocycles. The SMILES string of the molecule is NCCOCCNc1ccc(S(=O)(=O)C(F)F)cc1. The van der Waals surface area contributed by atoms with E-state index in [2.05, 4.69) is 5.32 Å². The van der Waals surface area contributed by atoms with Crippen LogP contribution in [0.1, 0.15) is 0 Å². The Hall–Kier alpha value is -1.25. The molecule has 0 fully saturated rings. The van der Waals surface area contributed by atoms with Crippen LogP contribution in [0.15, 0.2) is 29.2 Å². The normalized spacial score (nSPS) is 11.8. The van der Waals surface area contributed by atoms with Gasteiger partial charge >= 0.3 is 5.76 Å². The second kappa shape index (κ2) is 7.37. The van der Waals surface area contributed by atoms with Gasteiger partial charge in [0.15, 0.2) is 0 Å². The van der Waals surface area contributed by atoms with Crippen molar-refractivity contribution in [1.29, 1.82) is 0 Å². The molecule has 5 nitrogen and oxygen atoms in total. The van der Waals surface area contributed by atoms with Gasteiger partial charge in [-0.25, -0.2) is 8.42 Å². The third-order valence-corrected chi connectivity index (χ3v) is 3.65. The summed E-state index contributed by atoms with van der Waals surface area (Å²) in [5.74, 6) is -3.41. The number of hydrogen-bond acceptors (Lipinski definition) is 5. The van der Waals surface area contributed by atoms with Crippen molar-refractivity contribution in [1.82, 2.24) is 0 Å². The van der Waals surface area contributed by atoms with Crippen LogP contribution in [0.4, 0.5) is 14.5 Å². The first-order valence-corrected chi connectivity index (χ1v) is 7.17. The van der Waals surface area contributed by atoms with Gasteiger partial charge in [-0.15, -0.1) is 0 Å². The number of halogens is 2. The van der Waals surface area contributed by atoms with Crippen molar-refractivity contribution < 1.29 is 21.9 Å². The van der Waals surface area contributed by atoms with Crippen LogP contribution in [0.3, 0.4) is 0 Å². The maximum absolute atomic E-state index is 12.3. The molecular formula is C11H16F2N2O3S. The van der Waals surface area contributed by atoms with Gasteiger partial charge in [0, 0.05) is 18.8 Å². The minimum Gasteiger partial charge on any atom is -0.383 e. The molecule has 1 rings (SSSR count). The quantitative estimate of drug-likeness (QED) is 0.701. The smallest absolute Gasteiger partial charge is 0.341 e. The maximum Gasteiger partial charge on any atom is 0.341 e. The monoisotopic (exact) mass is 294 g/mol. The average Bonchev–Trinajstić information content (AvgIpc) is 2.39. The summed E-state index contributed by atoms with van der Waals surface area (Å²) in [5, 5.41) is 2.96. The van der Waals surface area contributed by atoms with Crippen LogP contribution in [0.25, 0.3) is 0 Å². The van der Waals surface area contributed by atoms with Gasteiger partial charge in [-0.05, 0) is 24.3 Å². The lowest BCUT2D eigenvalue weighted by Gasteiger charge is -2.08. The molecular weight excluding hydrogens is 278 g/mol. The van der Waals surface area contributed by atoms with Crippen LogP contribution in [0.5, 0.6) is 0 Å². The van der Waals surface area contributed by atoms with Gasteiger partial charge in [0.25, 0.3) is 0 Å². The molecule has 0 bridgehead atoms. The highest BCUT2D eigenvalue weighted by atomic mass is 32.2. The Labute approximate surface area is 110 Å². The first-order chi connectivity index (χ1) is 8.98. The van der Waals surface area contributed by atoms with Crippen LogP contribution in [-0.4, -0.2) is 40.5 Å². The van der Waals surface area contributed by atoms with E-state index in [9.17, 15) is 17.2 Å². The standard InChI is InChI=1S/C11H16F2N2O3S/c12-11(13)19(16,17)10-3-1-9(2-4-10)15-6-8-18-7-5-14/h1-4,11,15H,5-8,14H2. The molecule has 1 aromatic rings. The molecule has 0 aliphatic heterocycles. The van der Waals surface area contributed by atoms with Gasteiger partial charge in [-0.3, -0.25) is 0 Å². The van der Waals surface area contributed by atoms with Crippen molar-refractivity contribution in [3.05, 3.63) is 24.3 Å². The summed E-state index contributed by atoms with van der Waals surface area (Å²) in [4.78, 5) is -0.396. The molecule has 8 heteroatoms. The Morgan fingerprint density at radius 3 is 2.37 bits per heavy atom. The molecule has 0 amide bonds. The zero-order chi connectivity index (χ0) is 14.3. The lowest BCUT2D eigenvalue weighted by Crippen LogP contribution is -2.14. The highest BCUT2D eigenvalue weighted by Crippen LogP contribution is 2.20. The molecule has 0 aromatic heterocycles. The van der Waals surface area contributed by atoms with Crippen molar-refractivity contribution >= 4 is 15.5 Å². The van der Waals surface area contributed by atoms with Crippen molar-refractivity contribution in [3.8, 4) is 0 Å².